The van der Waals surface area contributed by atoms with Crippen LogP contribution in [0.25, 0.3) is 0 Å². The molecule has 0 heterocycles. The summed E-state index contributed by atoms with van der Waals surface area (Å²) in [6.07, 6.45) is 72.1. The van der Waals surface area contributed by atoms with Crippen molar-refractivity contribution in [2.24, 2.45) is 0 Å². The van der Waals surface area contributed by atoms with E-state index in [9.17, 15) is 14.4 Å². The molecule has 0 aromatic heterocycles. The van der Waals surface area contributed by atoms with Gasteiger partial charge in [-0.1, -0.05) is 281 Å². The highest BCUT2D eigenvalue weighted by Crippen LogP contribution is 2.17. The van der Waals surface area contributed by atoms with E-state index in [1.165, 1.54) is 167 Å². The maximum atomic E-state index is 12.9. The third-order valence-corrected chi connectivity index (χ3v) is 13.0. The Balaban J connectivity index is 4.40. The maximum absolute atomic E-state index is 12.9. The SMILES string of the molecule is CC/C=C\C/C=C\C/C=C\C/C=C\C/C=C\CCCCCC(=O)OC[C@@H](COC(=O)CCCCCCCCCCCCCCCCCC)OC(=O)CCCCCCCCCCCCCCCCCC. The Morgan fingerprint density at radius 3 is 0.884 bits per heavy atom. The first kappa shape index (κ1) is 66.1. The van der Waals surface area contributed by atoms with Gasteiger partial charge in [0.2, 0.25) is 0 Å². The van der Waals surface area contributed by atoms with Gasteiger partial charge in [0, 0.05) is 19.3 Å². The quantitative estimate of drug-likeness (QED) is 0.0262. The Kier molecular flexibility index (Phi) is 55.3. The van der Waals surface area contributed by atoms with Gasteiger partial charge in [-0.05, 0) is 64.2 Å². The number of carbonyl (C=O) groups is 3. The van der Waals surface area contributed by atoms with Crippen LogP contribution < -0.4 is 0 Å². The number of ether oxygens (including phenoxy) is 3. The van der Waals surface area contributed by atoms with Crippen molar-refractivity contribution in [1.82, 2.24) is 0 Å². The zero-order valence-electron chi connectivity index (χ0n) is 45.8. The molecule has 0 unspecified atom stereocenters. The zero-order chi connectivity index (χ0) is 50.0. The van der Waals surface area contributed by atoms with Gasteiger partial charge in [-0.3, -0.25) is 14.4 Å². The van der Waals surface area contributed by atoms with Crippen LogP contribution in [0.15, 0.2) is 60.8 Å². The molecule has 0 radical (unpaired) electrons. The number of allylic oxidation sites excluding steroid dienone is 10. The van der Waals surface area contributed by atoms with E-state index in [0.717, 1.165) is 96.3 Å². The average Bonchev–Trinajstić information content (AvgIpc) is 3.35. The number of rotatable bonds is 54. The van der Waals surface area contributed by atoms with Crippen LogP contribution in [0.5, 0.6) is 0 Å². The predicted molar refractivity (Wildman–Crippen MR) is 298 cm³/mol. The molecule has 0 aromatic rings. The van der Waals surface area contributed by atoms with Crippen LogP contribution in [0.3, 0.4) is 0 Å². The Morgan fingerprint density at radius 1 is 0.304 bits per heavy atom. The van der Waals surface area contributed by atoms with Crippen LogP contribution in [0.2, 0.25) is 0 Å². The highest BCUT2D eigenvalue weighted by molar-refractivity contribution is 5.71. The lowest BCUT2D eigenvalue weighted by Crippen LogP contribution is -2.30. The van der Waals surface area contributed by atoms with Crippen LogP contribution in [0.4, 0.5) is 0 Å². The Labute approximate surface area is 428 Å². The van der Waals surface area contributed by atoms with E-state index >= 15 is 0 Å². The third-order valence-electron chi connectivity index (χ3n) is 13.0. The topological polar surface area (TPSA) is 78.9 Å². The number of hydrogen-bond acceptors (Lipinski definition) is 6. The van der Waals surface area contributed by atoms with Gasteiger partial charge < -0.3 is 14.2 Å². The van der Waals surface area contributed by atoms with Crippen molar-refractivity contribution in [3.8, 4) is 0 Å². The third kappa shape index (κ3) is 55.9. The smallest absolute Gasteiger partial charge is 0.306 e. The molecule has 0 aliphatic heterocycles. The summed E-state index contributed by atoms with van der Waals surface area (Å²) < 4.78 is 16.9. The first-order chi connectivity index (χ1) is 34.0. The molecule has 0 saturated heterocycles. The Morgan fingerprint density at radius 2 is 0.565 bits per heavy atom. The molecule has 400 valence electrons. The zero-order valence-corrected chi connectivity index (χ0v) is 45.8. The molecule has 0 rings (SSSR count). The fourth-order valence-corrected chi connectivity index (χ4v) is 8.59. The van der Waals surface area contributed by atoms with Crippen molar-refractivity contribution in [2.45, 2.75) is 309 Å². The summed E-state index contributed by atoms with van der Waals surface area (Å²) in [7, 11) is 0. The molecule has 6 nitrogen and oxygen atoms in total. The molecule has 69 heavy (non-hydrogen) atoms. The highest BCUT2D eigenvalue weighted by Gasteiger charge is 2.19. The summed E-state index contributed by atoms with van der Waals surface area (Å²) in [5.41, 5.74) is 0. The second-order valence-corrected chi connectivity index (χ2v) is 19.9. The van der Waals surface area contributed by atoms with Gasteiger partial charge in [0.15, 0.2) is 6.10 Å². The highest BCUT2D eigenvalue weighted by atomic mass is 16.6. The average molecular weight is 966 g/mol. The summed E-state index contributed by atoms with van der Waals surface area (Å²) in [6.45, 7) is 6.54. The molecular formula is C63H112O6. The summed E-state index contributed by atoms with van der Waals surface area (Å²) in [5.74, 6) is -0.897. The van der Waals surface area contributed by atoms with Crippen molar-refractivity contribution >= 4 is 17.9 Å². The summed E-state index contributed by atoms with van der Waals surface area (Å²) >= 11 is 0. The minimum atomic E-state index is -0.785. The van der Waals surface area contributed by atoms with Crippen molar-refractivity contribution in [3.63, 3.8) is 0 Å². The lowest BCUT2D eigenvalue weighted by Gasteiger charge is -2.18. The van der Waals surface area contributed by atoms with Crippen LogP contribution in [0.1, 0.15) is 303 Å². The Bertz CT molecular complexity index is 1250. The van der Waals surface area contributed by atoms with Gasteiger partial charge in [-0.15, -0.1) is 0 Å². The van der Waals surface area contributed by atoms with E-state index in [-0.39, 0.29) is 31.1 Å². The van der Waals surface area contributed by atoms with Gasteiger partial charge in [0.05, 0.1) is 0 Å². The van der Waals surface area contributed by atoms with E-state index in [1.54, 1.807) is 0 Å². The summed E-state index contributed by atoms with van der Waals surface area (Å²) in [4.78, 5) is 38.2. The van der Waals surface area contributed by atoms with Crippen molar-refractivity contribution in [3.05, 3.63) is 60.8 Å². The number of esters is 3. The molecule has 0 saturated carbocycles. The summed E-state index contributed by atoms with van der Waals surface area (Å²) in [5, 5.41) is 0. The van der Waals surface area contributed by atoms with Gasteiger partial charge in [0.1, 0.15) is 13.2 Å². The molecule has 0 N–H and O–H groups in total. The predicted octanol–water partition coefficient (Wildman–Crippen LogP) is 20.0. The molecule has 0 aliphatic carbocycles. The molecule has 0 aromatic carbocycles. The second-order valence-electron chi connectivity index (χ2n) is 19.9. The van der Waals surface area contributed by atoms with Gasteiger partial charge in [-0.25, -0.2) is 0 Å². The van der Waals surface area contributed by atoms with Gasteiger partial charge in [0.25, 0.3) is 0 Å². The molecule has 0 aliphatic rings. The Hall–Kier alpha value is -2.89. The minimum Gasteiger partial charge on any atom is -0.462 e. The van der Waals surface area contributed by atoms with Crippen LogP contribution in [0, 0.1) is 0 Å². The van der Waals surface area contributed by atoms with E-state index in [4.69, 9.17) is 14.2 Å². The fourth-order valence-electron chi connectivity index (χ4n) is 8.59. The molecule has 6 heteroatoms. The standard InChI is InChI=1S/C63H112O6/c1-4-7-10-13-16-19-22-25-28-31-32-33-36-38-41-44-47-50-53-56-62(65)68-59-60(69-63(66)57-54-51-48-45-42-39-35-30-27-24-21-18-15-12-9-6-3)58-67-61(64)55-52-49-46-43-40-37-34-29-26-23-20-17-14-11-8-5-2/h7,10,16,19,25,28,32-33,38,41,60H,4-6,8-9,11-15,17-18,20-24,26-27,29-31,34-37,39-40,42-59H2,1-3H3/b10-7-,19-16-,28-25-,33-32-,41-38-/t60-/m1/s1. The number of carbonyl (C=O) groups excluding carboxylic acids is 3. The molecule has 0 fully saturated rings. The second kappa shape index (κ2) is 57.7. The van der Waals surface area contributed by atoms with Gasteiger partial charge in [-0.2, -0.15) is 0 Å². The number of hydrogen-bond donors (Lipinski definition) is 0. The molecule has 1 atom stereocenters. The van der Waals surface area contributed by atoms with E-state index in [0.29, 0.717) is 19.3 Å². The van der Waals surface area contributed by atoms with Crippen molar-refractivity contribution in [1.29, 1.82) is 0 Å². The lowest BCUT2D eigenvalue weighted by atomic mass is 10.0. The van der Waals surface area contributed by atoms with Gasteiger partial charge >= 0.3 is 17.9 Å². The van der Waals surface area contributed by atoms with Crippen LogP contribution in [-0.2, 0) is 28.6 Å². The normalized spacial score (nSPS) is 12.4. The fraction of sp³-hybridized carbons (Fsp3) is 0.794. The lowest BCUT2D eigenvalue weighted by molar-refractivity contribution is -0.167. The van der Waals surface area contributed by atoms with Crippen LogP contribution in [-0.4, -0.2) is 37.2 Å². The largest absolute Gasteiger partial charge is 0.462 e. The first-order valence-corrected chi connectivity index (χ1v) is 29.8. The summed E-state index contributed by atoms with van der Waals surface area (Å²) in [6, 6.07) is 0. The van der Waals surface area contributed by atoms with Crippen molar-refractivity contribution in [2.75, 3.05) is 13.2 Å². The minimum absolute atomic E-state index is 0.0804. The molecule has 0 amide bonds. The number of unbranched alkanes of at least 4 members (excludes halogenated alkanes) is 33. The van der Waals surface area contributed by atoms with Crippen molar-refractivity contribution < 1.29 is 28.6 Å². The molecule has 0 bridgehead atoms. The monoisotopic (exact) mass is 965 g/mol. The van der Waals surface area contributed by atoms with E-state index < -0.39 is 6.10 Å². The first-order valence-electron chi connectivity index (χ1n) is 29.8. The molecule has 0 spiro atoms. The van der Waals surface area contributed by atoms with E-state index in [1.807, 2.05) is 0 Å². The van der Waals surface area contributed by atoms with Crippen LogP contribution >= 0.6 is 0 Å². The van der Waals surface area contributed by atoms with E-state index in [2.05, 4.69) is 81.5 Å². The molecular weight excluding hydrogens is 853 g/mol. The maximum Gasteiger partial charge on any atom is 0.306 e.